The first-order valence-corrected chi connectivity index (χ1v) is 7.13. The van der Waals surface area contributed by atoms with Gasteiger partial charge < -0.3 is 0 Å². The van der Waals surface area contributed by atoms with Gasteiger partial charge in [-0.05, 0) is 56.6 Å². The van der Waals surface area contributed by atoms with Crippen molar-refractivity contribution in [3.05, 3.63) is 5.82 Å². The van der Waals surface area contributed by atoms with Crippen LogP contribution >= 0.6 is 0 Å². The molecule has 1 saturated heterocycles. The van der Waals surface area contributed by atoms with E-state index in [1.165, 1.54) is 38.8 Å². The topological polar surface area (TPSA) is 46.8 Å². The highest BCUT2D eigenvalue weighted by Gasteiger charge is 2.24. The summed E-state index contributed by atoms with van der Waals surface area (Å²) >= 11 is 0. The van der Waals surface area contributed by atoms with Gasteiger partial charge in [-0.2, -0.15) is 0 Å². The van der Waals surface area contributed by atoms with Crippen molar-refractivity contribution in [2.24, 2.45) is 0 Å². The third kappa shape index (κ3) is 3.07. The van der Waals surface area contributed by atoms with Crippen molar-refractivity contribution < 1.29 is 0 Å². The molecule has 18 heavy (non-hydrogen) atoms. The molecule has 0 atom stereocenters. The Kier molecular flexibility index (Phi) is 4.32. The van der Waals surface area contributed by atoms with E-state index >= 15 is 0 Å². The average molecular weight is 251 g/mol. The normalized spacial score (nSPS) is 18.8. The number of nitrogens with zero attached hydrogens (tertiary/aromatic N) is 5. The van der Waals surface area contributed by atoms with Crippen molar-refractivity contribution in [3.63, 3.8) is 0 Å². The summed E-state index contributed by atoms with van der Waals surface area (Å²) in [4.78, 5) is 2.49. The van der Waals surface area contributed by atoms with Gasteiger partial charge in [-0.3, -0.25) is 4.90 Å². The minimum absolute atomic E-state index is 0.00465. The van der Waals surface area contributed by atoms with Gasteiger partial charge in [-0.25, -0.2) is 4.68 Å². The van der Waals surface area contributed by atoms with E-state index in [1.54, 1.807) is 0 Å². The number of rotatable bonds is 4. The Labute approximate surface area is 110 Å². The molecule has 1 aromatic rings. The predicted octanol–water partition coefficient (Wildman–Crippen LogP) is 2.19. The van der Waals surface area contributed by atoms with Crippen molar-refractivity contribution >= 4 is 0 Å². The second-order valence-electron chi connectivity index (χ2n) is 5.86. The Bertz CT molecular complexity index is 363. The van der Waals surface area contributed by atoms with Crippen LogP contribution in [0.5, 0.6) is 0 Å². The first-order chi connectivity index (χ1) is 8.63. The quantitative estimate of drug-likeness (QED) is 0.823. The van der Waals surface area contributed by atoms with Crippen molar-refractivity contribution in [1.82, 2.24) is 25.1 Å². The zero-order chi connectivity index (χ0) is 13.0. The standard InChI is InChI=1S/C13H25N5/c1-4-13(2,3)18-12(14-15-16-18)11-17-9-7-5-6-8-10-17/h4-11H2,1-3H3. The van der Waals surface area contributed by atoms with E-state index in [0.29, 0.717) is 0 Å². The fraction of sp³-hybridized carbons (Fsp3) is 0.923. The Balaban J connectivity index is 2.07. The largest absolute Gasteiger partial charge is 0.296 e. The molecular formula is C13H25N5. The third-order valence-electron chi connectivity index (χ3n) is 4.04. The van der Waals surface area contributed by atoms with Crippen molar-refractivity contribution in [1.29, 1.82) is 0 Å². The van der Waals surface area contributed by atoms with Crippen LogP contribution in [-0.2, 0) is 12.1 Å². The lowest BCUT2D eigenvalue weighted by molar-refractivity contribution is 0.237. The third-order valence-corrected chi connectivity index (χ3v) is 4.04. The number of tetrazole rings is 1. The zero-order valence-electron chi connectivity index (χ0n) is 11.9. The van der Waals surface area contributed by atoms with Crippen LogP contribution in [0.15, 0.2) is 0 Å². The second-order valence-corrected chi connectivity index (χ2v) is 5.86. The van der Waals surface area contributed by atoms with Crippen molar-refractivity contribution in [2.45, 2.75) is 65.0 Å². The van der Waals surface area contributed by atoms with Crippen LogP contribution in [-0.4, -0.2) is 38.2 Å². The van der Waals surface area contributed by atoms with E-state index in [2.05, 4.69) is 41.2 Å². The highest BCUT2D eigenvalue weighted by atomic mass is 15.6. The van der Waals surface area contributed by atoms with Gasteiger partial charge in [0.15, 0.2) is 5.82 Å². The van der Waals surface area contributed by atoms with Crippen LogP contribution < -0.4 is 0 Å². The van der Waals surface area contributed by atoms with Crippen LogP contribution in [0.3, 0.4) is 0 Å². The molecule has 102 valence electrons. The molecule has 2 heterocycles. The van der Waals surface area contributed by atoms with Crippen LogP contribution in [0.1, 0.15) is 58.7 Å². The summed E-state index contributed by atoms with van der Waals surface area (Å²) in [7, 11) is 0. The molecule has 1 fully saturated rings. The van der Waals surface area contributed by atoms with Gasteiger partial charge in [0.25, 0.3) is 0 Å². The predicted molar refractivity (Wildman–Crippen MR) is 71.2 cm³/mol. The summed E-state index contributed by atoms with van der Waals surface area (Å²) in [5, 5.41) is 12.3. The molecule has 0 saturated carbocycles. The number of likely N-dealkylation sites (tertiary alicyclic amines) is 1. The van der Waals surface area contributed by atoms with Crippen molar-refractivity contribution in [2.75, 3.05) is 13.1 Å². The van der Waals surface area contributed by atoms with E-state index in [1.807, 2.05) is 4.68 Å². The van der Waals surface area contributed by atoms with E-state index in [9.17, 15) is 0 Å². The van der Waals surface area contributed by atoms with Gasteiger partial charge in [-0.15, -0.1) is 5.10 Å². The lowest BCUT2D eigenvalue weighted by Crippen LogP contribution is -2.32. The molecule has 1 aromatic heterocycles. The van der Waals surface area contributed by atoms with Gasteiger partial charge in [0.05, 0.1) is 12.1 Å². The van der Waals surface area contributed by atoms with Crippen molar-refractivity contribution in [3.8, 4) is 0 Å². The lowest BCUT2D eigenvalue weighted by Gasteiger charge is -2.26. The van der Waals surface area contributed by atoms with Gasteiger partial charge >= 0.3 is 0 Å². The van der Waals surface area contributed by atoms with E-state index in [4.69, 9.17) is 0 Å². The maximum Gasteiger partial charge on any atom is 0.165 e. The van der Waals surface area contributed by atoms with Crippen LogP contribution in [0.25, 0.3) is 0 Å². The molecule has 5 heteroatoms. The maximum absolute atomic E-state index is 4.22. The Morgan fingerprint density at radius 3 is 2.39 bits per heavy atom. The maximum atomic E-state index is 4.22. The van der Waals surface area contributed by atoms with Gasteiger partial charge in [0.2, 0.25) is 0 Å². The molecule has 0 bridgehead atoms. The highest BCUT2D eigenvalue weighted by molar-refractivity contribution is 4.88. The molecule has 0 spiro atoms. The SMILES string of the molecule is CCC(C)(C)n1nnnc1CN1CCCCCC1. The number of hydrogen-bond acceptors (Lipinski definition) is 4. The molecule has 0 N–H and O–H groups in total. The second kappa shape index (κ2) is 5.78. The van der Waals surface area contributed by atoms with E-state index in [0.717, 1.165) is 18.8 Å². The molecule has 0 unspecified atom stereocenters. The minimum atomic E-state index is 0.00465. The summed E-state index contributed by atoms with van der Waals surface area (Å²) in [5.41, 5.74) is 0.00465. The lowest BCUT2D eigenvalue weighted by atomic mass is 10.0. The zero-order valence-corrected chi connectivity index (χ0v) is 11.9. The highest BCUT2D eigenvalue weighted by Crippen LogP contribution is 2.20. The summed E-state index contributed by atoms with van der Waals surface area (Å²) in [6, 6.07) is 0. The number of aromatic nitrogens is 4. The summed E-state index contributed by atoms with van der Waals surface area (Å²) < 4.78 is 2.00. The molecule has 1 aliphatic heterocycles. The molecule has 2 rings (SSSR count). The summed E-state index contributed by atoms with van der Waals surface area (Å²) in [5.74, 6) is 1.00. The van der Waals surface area contributed by atoms with Gasteiger partial charge in [-0.1, -0.05) is 19.8 Å². The molecular weight excluding hydrogens is 226 g/mol. The fourth-order valence-corrected chi connectivity index (χ4v) is 2.42. The van der Waals surface area contributed by atoms with Crippen LogP contribution in [0.4, 0.5) is 0 Å². The summed E-state index contributed by atoms with van der Waals surface area (Å²) in [6.07, 6.45) is 6.37. The van der Waals surface area contributed by atoms with E-state index < -0.39 is 0 Å². The van der Waals surface area contributed by atoms with E-state index in [-0.39, 0.29) is 5.54 Å². The molecule has 5 nitrogen and oxygen atoms in total. The Morgan fingerprint density at radius 1 is 1.11 bits per heavy atom. The molecule has 0 radical (unpaired) electrons. The monoisotopic (exact) mass is 251 g/mol. The van der Waals surface area contributed by atoms with Crippen LogP contribution in [0, 0.1) is 0 Å². The molecule has 0 amide bonds. The number of hydrogen-bond donors (Lipinski definition) is 0. The minimum Gasteiger partial charge on any atom is -0.296 e. The smallest absolute Gasteiger partial charge is 0.165 e. The average Bonchev–Trinajstić information content (AvgIpc) is 2.67. The molecule has 0 aliphatic carbocycles. The first-order valence-electron chi connectivity index (χ1n) is 7.13. The molecule has 0 aromatic carbocycles. The first kappa shape index (κ1) is 13.5. The Morgan fingerprint density at radius 2 is 1.78 bits per heavy atom. The van der Waals surface area contributed by atoms with Gasteiger partial charge in [0, 0.05) is 0 Å². The Hall–Kier alpha value is -0.970. The van der Waals surface area contributed by atoms with Gasteiger partial charge in [0.1, 0.15) is 0 Å². The fourth-order valence-electron chi connectivity index (χ4n) is 2.42. The summed E-state index contributed by atoms with van der Waals surface area (Å²) in [6.45, 7) is 9.80. The van der Waals surface area contributed by atoms with Crippen LogP contribution in [0.2, 0.25) is 0 Å². The molecule has 1 aliphatic rings.